The van der Waals surface area contributed by atoms with Crippen molar-refractivity contribution in [3.05, 3.63) is 24.3 Å². The van der Waals surface area contributed by atoms with Crippen molar-refractivity contribution in [3.63, 3.8) is 0 Å². The molecule has 0 saturated carbocycles. The Morgan fingerprint density at radius 2 is 1.90 bits per heavy atom. The van der Waals surface area contributed by atoms with Gasteiger partial charge in [0.2, 0.25) is 15.9 Å². The molecule has 0 aliphatic rings. The van der Waals surface area contributed by atoms with Crippen molar-refractivity contribution >= 4 is 37.5 Å². The molecule has 0 aliphatic heterocycles. The lowest BCUT2D eigenvalue weighted by atomic mass is 10.1. The Morgan fingerprint density at radius 1 is 1.29 bits per heavy atom. The average Bonchev–Trinajstić information content (AvgIpc) is 2.43. The van der Waals surface area contributed by atoms with Gasteiger partial charge in [-0.15, -0.1) is 0 Å². The van der Waals surface area contributed by atoms with Crippen LogP contribution in [0.5, 0.6) is 0 Å². The molecule has 5 nitrogen and oxygen atoms in total. The van der Waals surface area contributed by atoms with E-state index in [1.165, 1.54) is 19.1 Å². The number of halogens is 1. The first-order chi connectivity index (χ1) is 9.85. The number of hydrogen-bond donors (Lipinski definition) is 2. The molecule has 1 rings (SSSR count). The molecule has 0 radical (unpaired) electrons. The molecular weight excluding hydrogens is 356 g/mol. The average molecular weight is 377 g/mol. The summed E-state index contributed by atoms with van der Waals surface area (Å²) in [4.78, 5) is 11.1. The molecule has 0 bridgehead atoms. The first-order valence-corrected chi connectivity index (χ1v) is 9.39. The van der Waals surface area contributed by atoms with E-state index in [0.29, 0.717) is 18.2 Å². The second-order valence-corrected chi connectivity index (χ2v) is 7.42. The molecule has 7 heteroatoms. The van der Waals surface area contributed by atoms with Crippen LogP contribution in [-0.4, -0.2) is 26.2 Å². The second-order valence-electron chi connectivity index (χ2n) is 5.01. The molecule has 1 atom stereocenters. The maximum absolute atomic E-state index is 12.1. The fraction of sp³-hybridized carbons (Fsp3) is 0.500. The standard InChI is InChI=1S/C14H21BrN2O3S/c1-11(10-15)4-3-9-16-21(19,20)14-7-5-13(6-8-14)17-12(2)18/h5-8,11,16H,3-4,9-10H2,1-2H3,(H,17,18). The van der Waals surface area contributed by atoms with Gasteiger partial charge in [0.05, 0.1) is 4.90 Å². The molecule has 1 aromatic rings. The Hall–Kier alpha value is -0.920. The number of carbonyl (C=O) groups is 1. The first kappa shape index (κ1) is 18.1. The molecule has 1 amide bonds. The Bertz CT molecular complexity index is 558. The van der Waals surface area contributed by atoms with Crippen molar-refractivity contribution in [3.8, 4) is 0 Å². The summed E-state index contributed by atoms with van der Waals surface area (Å²) in [5.41, 5.74) is 0.576. The van der Waals surface area contributed by atoms with Crippen molar-refractivity contribution in [2.24, 2.45) is 5.92 Å². The van der Waals surface area contributed by atoms with Gasteiger partial charge in [-0.05, 0) is 43.0 Å². The van der Waals surface area contributed by atoms with E-state index in [0.717, 1.165) is 18.2 Å². The molecule has 0 aromatic heterocycles. The second kappa shape index (κ2) is 8.51. The zero-order chi connectivity index (χ0) is 15.9. The lowest BCUT2D eigenvalue weighted by molar-refractivity contribution is -0.114. The van der Waals surface area contributed by atoms with Gasteiger partial charge in [-0.1, -0.05) is 22.9 Å². The molecule has 118 valence electrons. The molecule has 0 aliphatic carbocycles. The van der Waals surface area contributed by atoms with Crippen molar-refractivity contribution in [2.45, 2.75) is 31.6 Å². The van der Waals surface area contributed by atoms with E-state index in [2.05, 4.69) is 32.9 Å². The van der Waals surface area contributed by atoms with E-state index in [1.807, 2.05) is 0 Å². The molecule has 1 aromatic carbocycles. The van der Waals surface area contributed by atoms with Crippen LogP contribution in [0.3, 0.4) is 0 Å². The molecule has 0 heterocycles. The maximum atomic E-state index is 12.1. The van der Waals surface area contributed by atoms with E-state index in [-0.39, 0.29) is 10.8 Å². The van der Waals surface area contributed by atoms with Crippen LogP contribution in [-0.2, 0) is 14.8 Å². The summed E-state index contributed by atoms with van der Waals surface area (Å²) in [7, 11) is -3.48. The third kappa shape index (κ3) is 6.58. The number of nitrogens with one attached hydrogen (secondary N) is 2. The summed E-state index contributed by atoms with van der Waals surface area (Å²) in [5, 5.41) is 3.52. The summed E-state index contributed by atoms with van der Waals surface area (Å²) in [6, 6.07) is 6.11. The normalized spacial score (nSPS) is 12.9. The van der Waals surface area contributed by atoms with E-state index in [1.54, 1.807) is 12.1 Å². The molecule has 0 fully saturated rings. The van der Waals surface area contributed by atoms with Gasteiger partial charge in [0.25, 0.3) is 0 Å². The van der Waals surface area contributed by atoms with Crippen LogP contribution in [0.4, 0.5) is 5.69 Å². The van der Waals surface area contributed by atoms with Crippen molar-refractivity contribution < 1.29 is 13.2 Å². The highest BCUT2D eigenvalue weighted by Gasteiger charge is 2.13. The quantitative estimate of drug-likeness (QED) is 0.540. The minimum atomic E-state index is -3.48. The SMILES string of the molecule is CC(=O)Nc1ccc(S(=O)(=O)NCCCC(C)CBr)cc1. The summed E-state index contributed by atoms with van der Waals surface area (Å²) in [5.74, 6) is 0.344. The number of carbonyl (C=O) groups excluding carboxylic acids is 1. The third-order valence-electron chi connectivity index (χ3n) is 2.91. The zero-order valence-corrected chi connectivity index (χ0v) is 14.6. The fourth-order valence-corrected chi connectivity index (χ4v) is 3.14. The van der Waals surface area contributed by atoms with Gasteiger partial charge in [-0.2, -0.15) is 0 Å². The predicted octanol–water partition coefficient (Wildman–Crippen LogP) is 2.73. The van der Waals surface area contributed by atoms with Gasteiger partial charge in [0, 0.05) is 24.5 Å². The molecular formula is C14H21BrN2O3S. The van der Waals surface area contributed by atoms with Gasteiger partial charge in [0.15, 0.2) is 0 Å². The Labute approximate surface area is 134 Å². The van der Waals surface area contributed by atoms with Crippen LogP contribution in [0, 0.1) is 5.92 Å². The van der Waals surface area contributed by atoms with Crippen LogP contribution in [0.25, 0.3) is 0 Å². The number of rotatable bonds is 8. The van der Waals surface area contributed by atoms with E-state index < -0.39 is 10.0 Å². The Kier molecular flexibility index (Phi) is 7.34. The molecule has 2 N–H and O–H groups in total. The number of alkyl halides is 1. The van der Waals surface area contributed by atoms with Crippen LogP contribution < -0.4 is 10.0 Å². The first-order valence-electron chi connectivity index (χ1n) is 6.78. The van der Waals surface area contributed by atoms with E-state index in [4.69, 9.17) is 0 Å². The fourth-order valence-electron chi connectivity index (χ4n) is 1.74. The minimum absolute atomic E-state index is 0.190. The van der Waals surface area contributed by atoms with Gasteiger partial charge in [-0.25, -0.2) is 13.1 Å². The summed E-state index contributed by atoms with van der Waals surface area (Å²) in [6.07, 6.45) is 1.77. The van der Waals surface area contributed by atoms with Crippen LogP contribution >= 0.6 is 15.9 Å². The third-order valence-corrected chi connectivity index (χ3v) is 5.50. The van der Waals surface area contributed by atoms with Crippen molar-refractivity contribution in [2.75, 3.05) is 17.2 Å². The van der Waals surface area contributed by atoms with Crippen molar-refractivity contribution in [1.29, 1.82) is 0 Å². The lowest BCUT2D eigenvalue weighted by Gasteiger charge is -2.09. The molecule has 1 unspecified atom stereocenters. The predicted molar refractivity (Wildman–Crippen MR) is 88.1 cm³/mol. The molecule has 0 saturated heterocycles. The Balaban J connectivity index is 2.56. The topological polar surface area (TPSA) is 75.3 Å². The monoisotopic (exact) mass is 376 g/mol. The van der Waals surface area contributed by atoms with Gasteiger partial charge in [-0.3, -0.25) is 4.79 Å². The maximum Gasteiger partial charge on any atom is 0.240 e. The number of anilines is 1. The van der Waals surface area contributed by atoms with Crippen LogP contribution in [0.2, 0.25) is 0 Å². The van der Waals surface area contributed by atoms with Gasteiger partial charge in [0.1, 0.15) is 0 Å². The number of benzene rings is 1. The number of sulfonamides is 1. The van der Waals surface area contributed by atoms with Crippen LogP contribution in [0.15, 0.2) is 29.2 Å². The highest BCUT2D eigenvalue weighted by atomic mass is 79.9. The smallest absolute Gasteiger partial charge is 0.240 e. The summed E-state index contributed by atoms with van der Waals surface area (Å²) in [6.45, 7) is 3.94. The molecule has 0 spiro atoms. The highest BCUT2D eigenvalue weighted by Crippen LogP contribution is 2.14. The number of hydrogen-bond acceptors (Lipinski definition) is 3. The van der Waals surface area contributed by atoms with E-state index >= 15 is 0 Å². The van der Waals surface area contributed by atoms with Crippen LogP contribution in [0.1, 0.15) is 26.7 Å². The molecule has 21 heavy (non-hydrogen) atoms. The Morgan fingerprint density at radius 3 is 2.43 bits per heavy atom. The number of amides is 1. The largest absolute Gasteiger partial charge is 0.326 e. The summed E-state index contributed by atoms with van der Waals surface area (Å²) < 4.78 is 26.7. The lowest BCUT2D eigenvalue weighted by Crippen LogP contribution is -2.25. The van der Waals surface area contributed by atoms with Gasteiger partial charge < -0.3 is 5.32 Å². The zero-order valence-electron chi connectivity index (χ0n) is 12.2. The minimum Gasteiger partial charge on any atom is -0.326 e. The van der Waals surface area contributed by atoms with Crippen molar-refractivity contribution in [1.82, 2.24) is 4.72 Å². The van der Waals surface area contributed by atoms with Gasteiger partial charge >= 0.3 is 0 Å². The summed E-state index contributed by atoms with van der Waals surface area (Å²) >= 11 is 3.40. The van der Waals surface area contributed by atoms with E-state index in [9.17, 15) is 13.2 Å². The highest BCUT2D eigenvalue weighted by molar-refractivity contribution is 9.09.